The van der Waals surface area contributed by atoms with Crippen LogP contribution in [-0.4, -0.2) is 25.3 Å². The Hall–Kier alpha value is -0.520. The standard InChI is InChI=1S/C14H25NO/c1-4-6-7-10-13(15-3)14(16-5-2)11-8-9-12-14/h1,13,15H,5-12H2,2-3H3. The molecule has 1 aliphatic carbocycles. The Balaban J connectivity index is 2.55. The van der Waals surface area contributed by atoms with E-state index in [4.69, 9.17) is 11.2 Å². The highest BCUT2D eigenvalue weighted by Gasteiger charge is 2.40. The van der Waals surface area contributed by atoms with Crippen LogP contribution in [-0.2, 0) is 4.74 Å². The number of terminal acetylenes is 1. The van der Waals surface area contributed by atoms with Crippen molar-refractivity contribution >= 4 is 0 Å². The largest absolute Gasteiger partial charge is 0.374 e. The third kappa shape index (κ3) is 3.23. The van der Waals surface area contributed by atoms with Gasteiger partial charge < -0.3 is 10.1 Å². The normalized spacial score (nSPS) is 20.6. The smallest absolute Gasteiger partial charge is 0.0834 e. The van der Waals surface area contributed by atoms with Crippen molar-refractivity contribution in [2.45, 2.75) is 63.5 Å². The van der Waals surface area contributed by atoms with E-state index >= 15 is 0 Å². The molecule has 0 saturated heterocycles. The number of hydrogen-bond acceptors (Lipinski definition) is 2. The van der Waals surface area contributed by atoms with Crippen LogP contribution < -0.4 is 5.32 Å². The summed E-state index contributed by atoms with van der Waals surface area (Å²) in [6, 6.07) is 0.461. The van der Waals surface area contributed by atoms with Crippen molar-refractivity contribution in [1.82, 2.24) is 5.32 Å². The summed E-state index contributed by atoms with van der Waals surface area (Å²) in [5.74, 6) is 2.71. The van der Waals surface area contributed by atoms with Gasteiger partial charge in [-0.1, -0.05) is 12.8 Å². The molecule has 1 rings (SSSR count). The van der Waals surface area contributed by atoms with E-state index in [2.05, 4.69) is 18.2 Å². The molecule has 0 radical (unpaired) electrons. The van der Waals surface area contributed by atoms with E-state index < -0.39 is 0 Å². The SMILES string of the molecule is C#CCCCC(NC)C1(OCC)CCCC1. The van der Waals surface area contributed by atoms with Crippen LogP contribution in [0.2, 0.25) is 0 Å². The minimum Gasteiger partial charge on any atom is -0.374 e. The van der Waals surface area contributed by atoms with Gasteiger partial charge in [-0.05, 0) is 39.7 Å². The Labute approximate surface area is 100 Å². The molecule has 1 N–H and O–H groups in total. The lowest BCUT2D eigenvalue weighted by Gasteiger charge is -2.37. The van der Waals surface area contributed by atoms with Gasteiger partial charge in [-0.2, -0.15) is 0 Å². The summed E-state index contributed by atoms with van der Waals surface area (Å²) < 4.78 is 6.06. The van der Waals surface area contributed by atoms with Crippen LogP contribution in [0.3, 0.4) is 0 Å². The van der Waals surface area contributed by atoms with Gasteiger partial charge in [0.05, 0.1) is 5.60 Å². The molecule has 0 aromatic rings. The highest BCUT2D eigenvalue weighted by atomic mass is 16.5. The molecule has 92 valence electrons. The summed E-state index contributed by atoms with van der Waals surface area (Å²) >= 11 is 0. The number of hydrogen-bond donors (Lipinski definition) is 1. The maximum absolute atomic E-state index is 6.06. The van der Waals surface area contributed by atoms with Crippen molar-refractivity contribution in [1.29, 1.82) is 0 Å². The third-order valence-electron chi connectivity index (χ3n) is 3.68. The molecule has 2 heteroatoms. The van der Waals surface area contributed by atoms with Crippen molar-refractivity contribution in [3.05, 3.63) is 0 Å². The van der Waals surface area contributed by atoms with Gasteiger partial charge in [0, 0.05) is 19.1 Å². The predicted octanol–water partition coefficient (Wildman–Crippen LogP) is 2.73. The molecule has 1 aliphatic rings. The van der Waals surface area contributed by atoms with Crippen LogP contribution in [0.15, 0.2) is 0 Å². The molecule has 0 heterocycles. The maximum atomic E-state index is 6.06. The van der Waals surface area contributed by atoms with E-state index in [1.54, 1.807) is 0 Å². The van der Waals surface area contributed by atoms with Gasteiger partial charge in [0.1, 0.15) is 0 Å². The van der Waals surface area contributed by atoms with Gasteiger partial charge >= 0.3 is 0 Å². The van der Waals surface area contributed by atoms with Gasteiger partial charge in [-0.25, -0.2) is 0 Å². The first-order valence-corrected chi connectivity index (χ1v) is 6.53. The molecule has 1 saturated carbocycles. The van der Waals surface area contributed by atoms with Crippen LogP contribution in [0.5, 0.6) is 0 Å². The summed E-state index contributed by atoms with van der Waals surface area (Å²) in [5.41, 5.74) is 0.0814. The lowest BCUT2D eigenvalue weighted by Crippen LogP contribution is -2.49. The van der Waals surface area contributed by atoms with Crippen molar-refractivity contribution in [2.24, 2.45) is 0 Å². The number of ether oxygens (including phenoxy) is 1. The van der Waals surface area contributed by atoms with Gasteiger partial charge in [-0.15, -0.1) is 12.3 Å². The quantitative estimate of drug-likeness (QED) is 0.529. The maximum Gasteiger partial charge on any atom is 0.0834 e. The molecule has 0 amide bonds. The molecule has 1 fully saturated rings. The first kappa shape index (κ1) is 13.5. The van der Waals surface area contributed by atoms with Gasteiger partial charge in [-0.3, -0.25) is 0 Å². The first-order valence-electron chi connectivity index (χ1n) is 6.53. The van der Waals surface area contributed by atoms with Crippen molar-refractivity contribution in [2.75, 3.05) is 13.7 Å². The monoisotopic (exact) mass is 223 g/mol. The first-order chi connectivity index (χ1) is 7.79. The summed E-state index contributed by atoms with van der Waals surface area (Å²) in [6.07, 6.45) is 13.4. The lowest BCUT2D eigenvalue weighted by molar-refractivity contribution is -0.0618. The van der Waals surface area contributed by atoms with E-state index in [-0.39, 0.29) is 5.60 Å². The van der Waals surface area contributed by atoms with Crippen LogP contribution >= 0.6 is 0 Å². The fourth-order valence-corrected chi connectivity index (χ4v) is 2.93. The molecule has 0 aromatic carbocycles. The molecule has 1 atom stereocenters. The molecular weight excluding hydrogens is 198 g/mol. The van der Waals surface area contributed by atoms with Gasteiger partial charge in [0.15, 0.2) is 0 Å². The highest BCUT2D eigenvalue weighted by molar-refractivity contribution is 4.97. The summed E-state index contributed by atoms with van der Waals surface area (Å²) in [7, 11) is 2.04. The second kappa shape index (κ2) is 6.93. The van der Waals surface area contributed by atoms with Crippen molar-refractivity contribution in [3.63, 3.8) is 0 Å². The zero-order chi connectivity index (χ0) is 11.9. The molecule has 16 heavy (non-hydrogen) atoms. The molecule has 0 bridgehead atoms. The molecule has 2 nitrogen and oxygen atoms in total. The average molecular weight is 223 g/mol. The molecule has 0 aromatic heterocycles. The van der Waals surface area contributed by atoms with Crippen LogP contribution in [0.1, 0.15) is 51.9 Å². The van der Waals surface area contributed by atoms with E-state index in [1.165, 1.54) is 25.7 Å². The van der Waals surface area contributed by atoms with Crippen molar-refractivity contribution in [3.8, 4) is 12.3 Å². The Morgan fingerprint density at radius 3 is 2.62 bits per heavy atom. The van der Waals surface area contributed by atoms with Crippen LogP contribution in [0.25, 0.3) is 0 Å². The number of nitrogens with one attached hydrogen (secondary N) is 1. The minimum atomic E-state index is 0.0814. The lowest BCUT2D eigenvalue weighted by atomic mass is 9.88. The van der Waals surface area contributed by atoms with Crippen molar-refractivity contribution < 1.29 is 4.74 Å². The van der Waals surface area contributed by atoms with Gasteiger partial charge in [0.2, 0.25) is 0 Å². The highest BCUT2D eigenvalue weighted by Crippen LogP contribution is 2.37. The average Bonchev–Trinajstić information content (AvgIpc) is 2.74. The molecule has 0 aliphatic heterocycles. The topological polar surface area (TPSA) is 21.3 Å². The van der Waals surface area contributed by atoms with E-state index in [0.29, 0.717) is 6.04 Å². The van der Waals surface area contributed by atoms with E-state index in [0.717, 1.165) is 25.9 Å². The third-order valence-corrected chi connectivity index (χ3v) is 3.68. The summed E-state index contributed by atoms with van der Waals surface area (Å²) in [5, 5.41) is 3.43. The Bertz CT molecular complexity index is 225. The number of rotatable bonds is 7. The zero-order valence-electron chi connectivity index (χ0n) is 10.7. The molecule has 1 unspecified atom stereocenters. The number of likely N-dealkylation sites (N-methyl/N-ethyl adjacent to an activating group) is 1. The van der Waals surface area contributed by atoms with E-state index in [9.17, 15) is 0 Å². The van der Waals surface area contributed by atoms with E-state index in [1.807, 2.05) is 7.05 Å². The summed E-state index contributed by atoms with van der Waals surface area (Å²) in [4.78, 5) is 0. The summed E-state index contributed by atoms with van der Waals surface area (Å²) in [6.45, 7) is 2.90. The number of unbranched alkanes of at least 4 members (excludes halogenated alkanes) is 1. The van der Waals surface area contributed by atoms with Crippen LogP contribution in [0, 0.1) is 12.3 Å². The fraction of sp³-hybridized carbons (Fsp3) is 0.857. The fourth-order valence-electron chi connectivity index (χ4n) is 2.93. The van der Waals surface area contributed by atoms with Crippen LogP contribution in [0.4, 0.5) is 0 Å². The minimum absolute atomic E-state index is 0.0814. The predicted molar refractivity (Wildman–Crippen MR) is 68.4 cm³/mol. The Morgan fingerprint density at radius 1 is 1.44 bits per heavy atom. The second-order valence-electron chi connectivity index (χ2n) is 4.64. The second-order valence-corrected chi connectivity index (χ2v) is 4.64. The Morgan fingerprint density at radius 2 is 2.12 bits per heavy atom. The molecular formula is C14H25NO. The Kier molecular flexibility index (Phi) is 5.87. The van der Waals surface area contributed by atoms with Gasteiger partial charge in [0.25, 0.3) is 0 Å². The molecule has 0 spiro atoms. The zero-order valence-corrected chi connectivity index (χ0v) is 10.7.